The number of carbonyl (C=O) groups excluding carboxylic acids is 1. The minimum atomic E-state index is -0.555. The highest BCUT2D eigenvalue weighted by molar-refractivity contribution is 5.81. The lowest BCUT2D eigenvalue weighted by Crippen LogP contribution is -2.48. The summed E-state index contributed by atoms with van der Waals surface area (Å²) in [6, 6.07) is -0.186. The fourth-order valence-corrected chi connectivity index (χ4v) is 4.30. The van der Waals surface area contributed by atoms with E-state index in [-0.39, 0.29) is 18.6 Å². The molecule has 0 aromatic carbocycles. The van der Waals surface area contributed by atoms with Gasteiger partial charge in [0, 0.05) is 19.7 Å². The smallest absolute Gasteiger partial charge is 0.237 e. The standard InChI is InChI=1S/C20H33N3O3/c24-14-15-6-9-23(10-7-15)13-18(25)12-22-20(26)19-11-17-4-2-1-3-16(17)5-8-21-19/h1-4,15-19,21,24-25H,5-14H2,(H,22,26)/t16?,17?,18-,19?/m1/s1. The van der Waals surface area contributed by atoms with Crippen molar-refractivity contribution in [2.75, 3.05) is 39.3 Å². The molecule has 0 aromatic heterocycles. The minimum absolute atomic E-state index is 0.00774. The number of rotatable bonds is 6. The molecule has 0 radical (unpaired) electrons. The first-order valence-electron chi connectivity index (χ1n) is 10.0. The molecule has 3 rings (SSSR count). The Balaban J connectivity index is 1.39. The van der Waals surface area contributed by atoms with Crippen LogP contribution in [0.2, 0.25) is 0 Å². The lowest BCUT2D eigenvalue weighted by Gasteiger charge is -2.32. The van der Waals surface area contributed by atoms with Crippen molar-refractivity contribution in [1.29, 1.82) is 0 Å². The van der Waals surface area contributed by atoms with Crippen LogP contribution in [0.3, 0.4) is 0 Å². The number of aliphatic hydroxyl groups excluding tert-OH is 2. The van der Waals surface area contributed by atoms with Crippen molar-refractivity contribution in [2.24, 2.45) is 17.8 Å². The average Bonchev–Trinajstić information content (AvgIpc) is 2.89. The SMILES string of the molecule is O=C(NC[C@@H](O)CN1CCC(CO)CC1)C1CC2C=CC=CC2CCN1. The molecule has 6 nitrogen and oxygen atoms in total. The van der Waals surface area contributed by atoms with Crippen molar-refractivity contribution >= 4 is 5.91 Å². The molecule has 3 unspecified atom stereocenters. The zero-order valence-electron chi connectivity index (χ0n) is 15.5. The summed E-state index contributed by atoms with van der Waals surface area (Å²) in [6.07, 6.45) is 11.9. The number of nitrogens with one attached hydrogen (secondary N) is 2. The van der Waals surface area contributed by atoms with E-state index >= 15 is 0 Å². The molecule has 4 atom stereocenters. The van der Waals surface area contributed by atoms with Crippen LogP contribution in [-0.2, 0) is 4.79 Å². The van der Waals surface area contributed by atoms with Gasteiger partial charge in [0.1, 0.15) is 0 Å². The van der Waals surface area contributed by atoms with E-state index in [9.17, 15) is 15.0 Å². The fourth-order valence-electron chi connectivity index (χ4n) is 4.30. The first kappa shape index (κ1) is 19.5. The van der Waals surface area contributed by atoms with E-state index in [1.165, 1.54) is 0 Å². The van der Waals surface area contributed by atoms with Gasteiger partial charge in [-0.05, 0) is 63.1 Å². The predicted octanol–water partition coefficient (Wildman–Crippen LogP) is 0.278. The summed E-state index contributed by atoms with van der Waals surface area (Å²) in [7, 11) is 0. The minimum Gasteiger partial charge on any atom is -0.396 e. The number of piperidine rings is 1. The molecule has 2 saturated heterocycles. The third kappa shape index (κ3) is 5.39. The Labute approximate surface area is 156 Å². The molecule has 0 bridgehead atoms. The summed E-state index contributed by atoms with van der Waals surface area (Å²) in [6.45, 7) is 3.79. The maximum Gasteiger partial charge on any atom is 0.237 e. The van der Waals surface area contributed by atoms with Gasteiger partial charge in [0.05, 0.1) is 12.1 Å². The van der Waals surface area contributed by atoms with Gasteiger partial charge in [-0.15, -0.1) is 0 Å². The largest absolute Gasteiger partial charge is 0.396 e. The molecule has 1 amide bonds. The quantitative estimate of drug-likeness (QED) is 0.545. The van der Waals surface area contributed by atoms with E-state index in [4.69, 9.17) is 0 Å². The third-order valence-electron chi connectivity index (χ3n) is 6.02. The van der Waals surface area contributed by atoms with E-state index in [1.54, 1.807) is 0 Å². The third-order valence-corrected chi connectivity index (χ3v) is 6.02. The average molecular weight is 364 g/mol. The highest BCUT2D eigenvalue weighted by Gasteiger charge is 2.30. The number of hydrogen-bond acceptors (Lipinski definition) is 5. The number of allylic oxidation sites excluding steroid dienone is 4. The van der Waals surface area contributed by atoms with Crippen LogP contribution in [0.25, 0.3) is 0 Å². The fraction of sp³-hybridized carbons (Fsp3) is 0.750. The molecule has 2 heterocycles. The zero-order chi connectivity index (χ0) is 18.4. The maximum atomic E-state index is 12.5. The molecule has 0 spiro atoms. The molecule has 0 saturated carbocycles. The van der Waals surface area contributed by atoms with E-state index in [0.29, 0.717) is 30.8 Å². The van der Waals surface area contributed by atoms with Gasteiger partial charge in [0.2, 0.25) is 5.91 Å². The van der Waals surface area contributed by atoms with Crippen LogP contribution in [-0.4, -0.2) is 72.5 Å². The zero-order valence-corrected chi connectivity index (χ0v) is 15.5. The number of amides is 1. The Kier molecular flexibility index (Phi) is 7.25. The van der Waals surface area contributed by atoms with Gasteiger partial charge in [-0.3, -0.25) is 4.79 Å². The summed E-state index contributed by atoms with van der Waals surface area (Å²) in [5.74, 6) is 1.34. The number of nitrogens with zero attached hydrogens (tertiary/aromatic N) is 1. The molecule has 6 heteroatoms. The van der Waals surface area contributed by atoms with E-state index in [2.05, 4.69) is 39.8 Å². The van der Waals surface area contributed by atoms with Crippen LogP contribution in [0.15, 0.2) is 24.3 Å². The van der Waals surface area contributed by atoms with Crippen molar-refractivity contribution in [3.8, 4) is 0 Å². The van der Waals surface area contributed by atoms with Gasteiger partial charge < -0.3 is 25.7 Å². The van der Waals surface area contributed by atoms with Gasteiger partial charge in [0.15, 0.2) is 0 Å². The Morgan fingerprint density at radius 2 is 1.92 bits per heavy atom. The van der Waals surface area contributed by atoms with E-state index < -0.39 is 6.10 Å². The molecule has 0 aromatic rings. The van der Waals surface area contributed by atoms with Gasteiger partial charge >= 0.3 is 0 Å². The molecule has 2 fully saturated rings. The van der Waals surface area contributed by atoms with Gasteiger partial charge in [-0.1, -0.05) is 24.3 Å². The van der Waals surface area contributed by atoms with Crippen LogP contribution in [0.1, 0.15) is 25.7 Å². The monoisotopic (exact) mass is 363 g/mol. The first-order chi connectivity index (χ1) is 12.7. The van der Waals surface area contributed by atoms with E-state index in [0.717, 1.165) is 45.3 Å². The van der Waals surface area contributed by atoms with Gasteiger partial charge in [-0.25, -0.2) is 0 Å². The maximum absolute atomic E-state index is 12.5. The van der Waals surface area contributed by atoms with E-state index in [1.807, 2.05) is 0 Å². The highest BCUT2D eigenvalue weighted by Crippen LogP contribution is 2.29. The van der Waals surface area contributed by atoms with Crippen LogP contribution >= 0.6 is 0 Å². The summed E-state index contributed by atoms with van der Waals surface area (Å²) in [5.41, 5.74) is 0. The van der Waals surface area contributed by atoms with Crippen molar-refractivity contribution in [2.45, 2.75) is 37.8 Å². The molecule has 3 aliphatic rings. The highest BCUT2D eigenvalue weighted by atomic mass is 16.3. The Morgan fingerprint density at radius 1 is 1.19 bits per heavy atom. The summed E-state index contributed by atoms with van der Waals surface area (Å²) >= 11 is 0. The number of β-amino-alcohol motifs (C(OH)–C–C–N with tert-alkyl or cyclic N) is 1. The second kappa shape index (κ2) is 9.65. The van der Waals surface area contributed by atoms with Crippen LogP contribution < -0.4 is 10.6 Å². The molecule has 1 aliphatic carbocycles. The molecular formula is C20H33N3O3. The number of fused-ring (bicyclic) bond motifs is 1. The van der Waals surface area contributed by atoms with Gasteiger partial charge in [0.25, 0.3) is 0 Å². The molecule has 26 heavy (non-hydrogen) atoms. The Hall–Kier alpha value is -1.21. The molecular weight excluding hydrogens is 330 g/mol. The Morgan fingerprint density at radius 3 is 2.65 bits per heavy atom. The summed E-state index contributed by atoms with van der Waals surface area (Å²) < 4.78 is 0. The van der Waals surface area contributed by atoms with Crippen molar-refractivity contribution in [3.05, 3.63) is 24.3 Å². The van der Waals surface area contributed by atoms with Crippen molar-refractivity contribution in [1.82, 2.24) is 15.5 Å². The summed E-state index contributed by atoms with van der Waals surface area (Å²) in [5, 5.41) is 25.7. The number of aliphatic hydroxyl groups is 2. The van der Waals surface area contributed by atoms with Crippen LogP contribution in [0, 0.1) is 17.8 Å². The van der Waals surface area contributed by atoms with Crippen molar-refractivity contribution in [3.63, 3.8) is 0 Å². The number of hydrogen-bond donors (Lipinski definition) is 4. The number of carbonyl (C=O) groups is 1. The Bertz CT molecular complexity index is 514. The van der Waals surface area contributed by atoms with Crippen LogP contribution in [0.5, 0.6) is 0 Å². The predicted molar refractivity (Wildman–Crippen MR) is 102 cm³/mol. The number of likely N-dealkylation sites (tertiary alicyclic amines) is 1. The molecule has 4 N–H and O–H groups in total. The van der Waals surface area contributed by atoms with Crippen LogP contribution in [0.4, 0.5) is 0 Å². The normalized spacial score (nSPS) is 31.2. The second-order valence-corrected chi connectivity index (χ2v) is 7.95. The lowest BCUT2D eigenvalue weighted by molar-refractivity contribution is -0.123. The van der Waals surface area contributed by atoms with Gasteiger partial charge in [-0.2, -0.15) is 0 Å². The molecule has 2 aliphatic heterocycles. The second-order valence-electron chi connectivity index (χ2n) is 7.95. The lowest BCUT2D eigenvalue weighted by atomic mass is 9.83. The van der Waals surface area contributed by atoms with Crippen molar-refractivity contribution < 1.29 is 15.0 Å². The first-order valence-corrected chi connectivity index (χ1v) is 10.0. The summed E-state index contributed by atoms with van der Waals surface area (Å²) in [4.78, 5) is 14.8. The topological polar surface area (TPSA) is 84.8 Å². The molecule has 146 valence electrons.